The van der Waals surface area contributed by atoms with Crippen molar-refractivity contribution < 1.29 is 14.5 Å². The van der Waals surface area contributed by atoms with Gasteiger partial charge in [-0.2, -0.15) is 0 Å². The van der Waals surface area contributed by atoms with Crippen molar-refractivity contribution in [3.05, 3.63) is 40.9 Å². The summed E-state index contributed by atoms with van der Waals surface area (Å²) in [4.78, 5) is 0. The quantitative estimate of drug-likeness (QED) is 0.674. The Morgan fingerprint density at radius 1 is 0.941 bits per heavy atom. The van der Waals surface area contributed by atoms with Crippen molar-refractivity contribution in [1.29, 1.82) is 0 Å². The largest absolute Gasteiger partial charge is 0.488 e. The number of fused-ring (bicyclic) bond motifs is 3. The van der Waals surface area contributed by atoms with Crippen LogP contribution in [0.5, 0.6) is 0 Å². The van der Waals surface area contributed by atoms with Crippen LogP contribution in [-0.4, -0.2) is 17.2 Å². The molecule has 2 aromatic carbocycles. The van der Waals surface area contributed by atoms with E-state index in [1.165, 1.54) is 0 Å². The molecular formula is C12H8BBrO3. The van der Waals surface area contributed by atoms with E-state index >= 15 is 0 Å². The SMILES string of the molecule is OB(O)c1ccc2c(c1)oc1ccc(Br)cc12. The zero-order valence-corrected chi connectivity index (χ0v) is 10.3. The summed E-state index contributed by atoms with van der Waals surface area (Å²) in [5, 5.41) is 20.2. The molecule has 3 aromatic rings. The smallest absolute Gasteiger partial charge is 0.456 e. The van der Waals surface area contributed by atoms with E-state index in [-0.39, 0.29) is 0 Å². The molecule has 3 rings (SSSR count). The first kappa shape index (κ1) is 10.8. The van der Waals surface area contributed by atoms with Gasteiger partial charge in [0.15, 0.2) is 0 Å². The molecule has 5 heteroatoms. The minimum Gasteiger partial charge on any atom is -0.456 e. The number of halogens is 1. The third kappa shape index (κ3) is 1.76. The molecule has 0 radical (unpaired) electrons. The van der Waals surface area contributed by atoms with Crippen LogP contribution in [0.1, 0.15) is 0 Å². The first-order chi connectivity index (χ1) is 8.15. The highest BCUT2D eigenvalue weighted by molar-refractivity contribution is 9.10. The first-order valence-electron chi connectivity index (χ1n) is 5.13. The van der Waals surface area contributed by atoms with E-state index in [4.69, 9.17) is 14.5 Å². The van der Waals surface area contributed by atoms with E-state index in [0.29, 0.717) is 11.0 Å². The minimum atomic E-state index is -1.47. The molecule has 1 aromatic heterocycles. The van der Waals surface area contributed by atoms with Crippen molar-refractivity contribution in [3.63, 3.8) is 0 Å². The Labute approximate surface area is 106 Å². The van der Waals surface area contributed by atoms with Crippen LogP contribution in [0.2, 0.25) is 0 Å². The fourth-order valence-electron chi connectivity index (χ4n) is 1.93. The average Bonchev–Trinajstić information content (AvgIpc) is 2.66. The van der Waals surface area contributed by atoms with Gasteiger partial charge in [0, 0.05) is 15.2 Å². The number of benzene rings is 2. The molecule has 1 heterocycles. The van der Waals surface area contributed by atoms with Gasteiger partial charge in [-0.25, -0.2) is 0 Å². The van der Waals surface area contributed by atoms with E-state index in [1.54, 1.807) is 12.1 Å². The van der Waals surface area contributed by atoms with Crippen molar-refractivity contribution in [1.82, 2.24) is 0 Å². The van der Waals surface area contributed by atoms with Gasteiger partial charge in [0.2, 0.25) is 0 Å². The Morgan fingerprint density at radius 2 is 1.76 bits per heavy atom. The molecule has 0 bridgehead atoms. The third-order valence-corrected chi connectivity index (χ3v) is 3.25. The Bertz CT molecular complexity index is 705. The monoisotopic (exact) mass is 290 g/mol. The van der Waals surface area contributed by atoms with Crippen molar-refractivity contribution in [2.45, 2.75) is 0 Å². The summed E-state index contributed by atoms with van der Waals surface area (Å²) in [5.74, 6) is 0. The van der Waals surface area contributed by atoms with Crippen molar-refractivity contribution in [3.8, 4) is 0 Å². The summed E-state index contributed by atoms with van der Waals surface area (Å²) in [6, 6.07) is 10.9. The Balaban J connectivity index is 2.36. The molecule has 0 amide bonds. The average molecular weight is 291 g/mol. The zero-order chi connectivity index (χ0) is 12.0. The van der Waals surface area contributed by atoms with E-state index < -0.39 is 7.12 Å². The second-order valence-corrected chi connectivity index (χ2v) is 4.79. The van der Waals surface area contributed by atoms with Crippen molar-refractivity contribution in [2.75, 3.05) is 0 Å². The maximum Gasteiger partial charge on any atom is 0.488 e. The van der Waals surface area contributed by atoms with Crippen LogP contribution in [-0.2, 0) is 0 Å². The summed E-state index contributed by atoms with van der Waals surface area (Å²) in [7, 11) is -1.47. The lowest BCUT2D eigenvalue weighted by atomic mass is 9.80. The van der Waals surface area contributed by atoms with Gasteiger partial charge in [0.25, 0.3) is 0 Å². The molecule has 0 saturated heterocycles. The molecule has 0 saturated carbocycles. The van der Waals surface area contributed by atoms with Gasteiger partial charge in [-0.05, 0) is 29.7 Å². The van der Waals surface area contributed by atoms with Crippen LogP contribution in [0.15, 0.2) is 45.3 Å². The zero-order valence-electron chi connectivity index (χ0n) is 8.72. The summed E-state index contributed by atoms with van der Waals surface area (Å²) in [6.45, 7) is 0. The second-order valence-electron chi connectivity index (χ2n) is 3.87. The Hall–Kier alpha value is -1.30. The van der Waals surface area contributed by atoms with Crippen LogP contribution in [0.4, 0.5) is 0 Å². The Kier molecular flexibility index (Phi) is 2.47. The molecule has 0 aliphatic heterocycles. The first-order valence-corrected chi connectivity index (χ1v) is 5.92. The summed E-state index contributed by atoms with van der Waals surface area (Å²) < 4.78 is 6.64. The highest BCUT2D eigenvalue weighted by Crippen LogP contribution is 2.30. The van der Waals surface area contributed by atoms with Gasteiger partial charge >= 0.3 is 7.12 Å². The predicted molar refractivity (Wildman–Crippen MR) is 71.2 cm³/mol. The number of hydrogen-bond acceptors (Lipinski definition) is 3. The van der Waals surface area contributed by atoms with E-state index in [2.05, 4.69) is 15.9 Å². The molecular weight excluding hydrogens is 283 g/mol. The summed E-state index contributed by atoms with van der Waals surface area (Å²) >= 11 is 3.42. The topological polar surface area (TPSA) is 53.6 Å². The normalized spacial score (nSPS) is 11.2. The molecule has 17 heavy (non-hydrogen) atoms. The minimum absolute atomic E-state index is 0.427. The number of rotatable bonds is 1. The fourth-order valence-corrected chi connectivity index (χ4v) is 2.29. The van der Waals surface area contributed by atoms with E-state index in [9.17, 15) is 0 Å². The molecule has 0 spiro atoms. The van der Waals surface area contributed by atoms with Gasteiger partial charge in [-0.3, -0.25) is 0 Å². The molecule has 3 nitrogen and oxygen atoms in total. The molecule has 2 N–H and O–H groups in total. The molecule has 0 aliphatic carbocycles. The summed E-state index contributed by atoms with van der Waals surface area (Å²) in [6.07, 6.45) is 0. The summed E-state index contributed by atoms with van der Waals surface area (Å²) in [5.41, 5.74) is 1.87. The Morgan fingerprint density at radius 3 is 2.53 bits per heavy atom. The molecule has 84 valence electrons. The molecule has 0 aliphatic rings. The number of furan rings is 1. The van der Waals surface area contributed by atoms with Gasteiger partial charge in [-0.1, -0.05) is 28.1 Å². The standard InChI is InChI=1S/C12H8BBrO3/c14-8-2-4-11-10(6-8)9-3-1-7(13(15)16)5-12(9)17-11/h1-6,15-16H. The van der Waals surface area contributed by atoms with Gasteiger partial charge < -0.3 is 14.5 Å². The van der Waals surface area contributed by atoms with Crippen LogP contribution in [0.25, 0.3) is 21.9 Å². The van der Waals surface area contributed by atoms with Crippen molar-refractivity contribution in [2.24, 2.45) is 0 Å². The van der Waals surface area contributed by atoms with Crippen molar-refractivity contribution >= 4 is 50.4 Å². The predicted octanol–water partition coefficient (Wildman–Crippen LogP) is 2.03. The molecule has 0 atom stereocenters. The van der Waals surface area contributed by atoms with Crippen LogP contribution < -0.4 is 5.46 Å². The van der Waals surface area contributed by atoms with E-state index in [1.807, 2.05) is 24.3 Å². The highest BCUT2D eigenvalue weighted by Gasteiger charge is 2.14. The molecule has 0 fully saturated rings. The highest BCUT2D eigenvalue weighted by atomic mass is 79.9. The van der Waals surface area contributed by atoms with Gasteiger partial charge in [0.05, 0.1) is 0 Å². The van der Waals surface area contributed by atoms with E-state index in [0.717, 1.165) is 20.8 Å². The lowest BCUT2D eigenvalue weighted by molar-refractivity contribution is 0.425. The van der Waals surface area contributed by atoms with Gasteiger partial charge in [0.1, 0.15) is 11.2 Å². The maximum absolute atomic E-state index is 9.11. The van der Waals surface area contributed by atoms with Crippen LogP contribution in [0, 0.1) is 0 Å². The van der Waals surface area contributed by atoms with Crippen LogP contribution in [0.3, 0.4) is 0 Å². The lowest BCUT2D eigenvalue weighted by Gasteiger charge is -1.97. The third-order valence-electron chi connectivity index (χ3n) is 2.76. The lowest BCUT2D eigenvalue weighted by Crippen LogP contribution is -2.29. The number of hydrogen-bond donors (Lipinski definition) is 2. The second kappa shape index (κ2) is 3.87. The maximum atomic E-state index is 9.11. The van der Waals surface area contributed by atoms with Crippen LogP contribution >= 0.6 is 15.9 Å². The fraction of sp³-hybridized carbons (Fsp3) is 0. The molecule has 0 unspecified atom stereocenters. The van der Waals surface area contributed by atoms with Gasteiger partial charge in [-0.15, -0.1) is 0 Å².